The standard InChI is InChI=1S/C21H21N3O2S/c1-13(25)22-20-16-11-24(12-17(16)20)10-14-6-8-15(9-7-14)26-21-23-18-4-2-3-5-19(18)27-21/h2-9,16-17,20H,10-12H2,1H3,(H,22,25)/t16-,17+,20?. The summed E-state index contributed by atoms with van der Waals surface area (Å²) >= 11 is 1.56. The number of para-hydroxylation sites is 1. The van der Waals surface area contributed by atoms with Crippen LogP contribution in [0.5, 0.6) is 10.9 Å². The third kappa shape index (κ3) is 3.42. The minimum absolute atomic E-state index is 0.0877. The first-order valence-electron chi connectivity index (χ1n) is 9.27. The number of amides is 1. The molecule has 5 nitrogen and oxygen atoms in total. The van der Waals surface area contributed by atoms with Crippen molar-refractivity contribution in [1.29, 1.82) is 0 Å². The molecule has 1 aliphatic heterocycles. The highest BCUT2D eigenvalue weighted by Crippen LogP contribution is 2.45. The normalized spacial score (nSPS) is 24.0. The number of benzene rings is 2. The first-order chi connectivity index (χ1) is 13.2. The van der Waals surface area contributed by atoms with Crippen LogP contribution >= 0.6 is 11.3 Å². The van der Waals surface area contributed by atoms with Crippen molar-refractivity contribution in [1.82, 2.24) is 15.2 Å². The summed E-state index contributed by atoms with van der Waals surface area (Å²) in [5.74, 6) is 2.17. The number of likely N-dealkylation sites (tertiary alicyclic amines) is 1. The van der Waals surface area contributed by atoms with Gasteiger partial charge in [0, 0.05) is 32.6 Å². The number of carbonyl (C=O) groups excluding carboxylic acids is 1. The molecule has 2 aromatic carbocycles. The minimum Gasteiger partial charge on any atom is -0.431 e. The molecule has 3 atom stereocenters. The van der Waals surface area contributed by atoms with Crippen molar-refractivity contribution in [2.24, 2.45) is 11.8 Å². The van der Waals surface area contributed by atoms with Crippen LogP contribution in [0.1, 0.15) is 12.5 Å². The van der Waals surface area contributed by atoms with E-state index in [4.69, 9.17) is 4.74 Å². The van der Waals surface area contributed by atoms with Crippen molar-refractivity contribution < 1.29 is 9.53 Å². The van der Waals surface area contributed by atoms with Gasteiger partial charge in [0.2, 0.25) is 5.91 Å². The van der Waals surface area contributed by atoms with Gasteiger partial charge in [-0.2, -0.15) is 0 Å². The Morgan fingerprint density at radius 1 is 1.19 bits per heavy atom. The number of aromatic nitrogens is 1. The van der Waals surface area contributed by atoms with Crippen LogP contribution in [0.25, 0.3) is 10.2 Å². The third-order valence-corrected chi connectivity index (χ3v) is 6.36. The fourth-order valence-corrected chi connectivity index (χ4v) is 4.94. The monoisotopic (exact) mass is 379 g/mol. The Hall–Kier alpha value is -2.44. The van der Waals surface area contributed by atoms with E-state index >= 15 is 0 Å². The molecule has 6 heteroatoms. The molecule has 1 N–H and O–H groups in total. The number of rotatable bonds is 5. The topological polar surface area (TPSA) is 54.5 Å². The molecular formula is C21H21N3O2S. The van der Waals surface area contributed by atoms with Gasteiger partial charge in [0.1, 0.15) is 5.75 Å². The van der Waals surface area contributed by atoms with Gasteiger partial charge in [0.25, 0.3) is 5.19 Å². The van der Waals surface area contributed by atoms with E-state index in [1.807, 2.05) is 30.3 Å². The third-order valence-electron chi connectivity index (χ3n) is 5.45. The number of nitrogens with one attached hydrogen (secondary N) is 1. The molecular weight excluding hydrogens is 358 g/mol. The number of hydrogen-bond donors (Lipinski definition) is 1. The summed E-state index contributed by atoms with van der Waals surface area (Å²) in [4.78, 5) is 18.2. The molecule has 138 valence electrons. The predicted molar refractivity (Wildman–Crippen MR) is 106 cm³/mol. The van der Waals surface area contributed by atoms with Crippen LogP contribution in [0.15, 0.2) is 48.5 Å². The smallest absolute Gasteiger partial charge is 0.279 e. The molecule has 1 aliphatic carbocycles. The predicted octanol–water partition coefficient (Wildman–Crippen LogP) is 3.65. The number of thiazole rings is 1. The van der Waals surface area contributed by atoms with E-state index in [1.54, 1.807) is 18.3 Å². The number of ether oxygens (including phenoxy) is 1. The Morgan fingerprint density at radius 2 is 1.93 bits per heavy atom. The lowest BCUT2D eigenvalue weighted by atomic mass is 10.2. The summed E-state index contributed by atoms with van der Waals surface area (Å²) in [7, 11) is 0. The number of carbonyl (C=O) groups is 1. The minimum atomic E-state index is 0.0877. The summed E-state index contributed by atoms with van der Waals surface area (Å²) < 4.78 is 7.05. The van der Waals surface area contributed by atoms with E-state index in [2.05, 4.69) is 33.4 Å². The van der Waals surface area contributed by atoms with Crippen LogP contribution in [-0.2, 0) is 11.3 Å². The number of fused-ring (bicyclic) bond motifs is 2. The van der Waals surface area contributed by atoms with E-state index < -0.39 is 0 Å². The number of hydrogen-bond acceptors (Lipinski definition) is 5. The molecule has 1 saturated heterocycles. The van der Waals surface area contributed by atoms with Crippen LogP contribution in [-0.4, -0.2) is 34.9 Å². The molecule has 0 bridgehead atoms. The molecule has 1 unspecified atom stereocenters. The second-order valence-corrected chi connectivity index (χ2v) is 8.43. The lowest BCUT2D eigenvalue weighted by molar-refractivity contribution is -0.119. The van der Waals surface area contributed by atoms with Crippen LogP contribution in [0, 0.1) is 11.8 Å². The zero-order chi connectivity index (χ0) is 18.4. The van der Waals surface area contributed by atoms with E-state index in [-0.39, 0.29) is 5.91 Å². The Morgan fingerprint density at radius 3 is 2.63 bits per heavy atom. The van der Waals surface area contributed by atoms with E-state index in [1.165, 1.54) is 5.56 Å². The second kappa shape index (κ2) is 6.62. The van der Waals surface area contributed by atoms with Crippen molar-refractivity contribution in [3.63, 3.8) is 0 Å². The van der Waals surface area contributed by atoms with Crippen molar-refractivity contribution in [3.05, 3.63) is 54.1 Å². The molecule has 0 spiro atoms. The van der Waals surface area contributed by atoms with Crippen molar-refractivity contribution >= 4 is 27.5 Å². The van der Waals surface area contributed by atoms with Gasteiger partial charge in [-0.05, 0) is 41.7 Å². The maximum Gasteiger partial charge on any atom is 0.279 e. The molecule has 2 heterocycles. The van der Waals surface area contributed by atoms with Crippen molar-refractivity contribution in [2.75, 3.05) is 13.1 Å². The molecule has 1 aromatic heterocycles. The molecule has 3 aromatic rings. The van der Waals surface area contributed by atoms with Gasteiger partial charge in [-0.1, -0.05) is 35.6 Å². The molecule has 1 amide bonds. The van der Waals surface area contributed by atoms with Gasteiger partial charge in [0.15, 0.2) is 0 Å². The van der Waals surface area contributed by atoms with Crippen LogP contribution < -0.4 is 10.1 Å². The maximum atomic E-state index is 11.2. The van der Waals surface area contributed by atoms with Gasteiger partial charge >= 0.3 is 0 Å². The maximum absolute atomic E-state index is 11.2. The first kappa shape index (κ1) is 16.7. The molecule has 2 fully saturated rings. The van der Waals surface area contributed by atoms with Crippen LogP contribution in [0.2, 0.25) is 0 Å². The molecule has 5 rings (SSSR count). The average Bonchev–Trinajstić information content (AvgIpc) is 3.01. The summed E-state index contributed by atoms with van der Waals surface area (Å²) in [6, 6.07) is 16.7. The Labute approximate surface area is 162 Å². The zero-order valence-corrected chi connectivity index (χ0v) is 15.9. The molecule has 27 heavy (non-hydrogen) atoms. The lowest BCUT2D eigenvalue weighted by Crippen LogP contribution is -2.33. The molecule has 2 aliphatic rings. The number of piperidine rings is 1. The largest absolute Gasteiger partial charge is 0.431 e. The molecule has 0 radical (unpaired) electrons. The highest BCUT2D eigenvalue weighted by molar-refractivity contribution is 7.20. The van der Waals surface area contributed by atoms with Crippen LogP contribution in [0.3, 0.4) is 0 Å². The Bertz CT molecular complexity index is 940. The van der Waals surface area contributed by atoms with Gasteiger partial charge in [-0.15, -0.1) is 0 Å². The highest BCUT2D eigenvalue weighted by Gasteiger charge is 2.55. The average molecular weight is 379 g/mol. The van der Waals surface area contributed by atoms with E-state index in [0.717, 1.165) is 35.6 Å². The van der Waals surface area contributed by atoms with E-state index in [0.29, 0.717) is 23.1 Å². The molecule has 1 saturated carbocycles. The van der Waals surface area contributed by atoms with Crippen molar-refractivity contribution in [2.45, 2.75) is 19.5 Å². The Balaban J connectivity index is 1.17. The number of nitrogens with zero attached hydrogens (tertiary/aromatic N) is 2. The van der Waals surface area contributed by atoms with E-state index in [9.17, 15) is 4.79 Å². The summed E-state index contributed by atoms with van der Waals surface area (Å²) in [6.45, 7) is 4.68. The highest BCUT2D eigenvalue weighted by atomic mass is 32.1. The quantitative estimate of drug-likeness (QED) is 0.735. The fourth-order valence-electron chi connectivity index (χ4n) is 4.11. The van der Waals surface area contributed by atoms with Crippen molar-refractivity contribution in [3.8, 4) is 10.9 Å². The Kier molecular flexibility index (Phi) is 4.10. The SMILES string of the molecule is CC(=O)NC1[C@H]2CN(Cc3ccc(Oc4nc5ccccc5s4)cc3)C[C@@H]12. The summed E-state index contributed by atoms with van der Waals surface area (Å²) in [5, 5.41) is 3.73. The lowest BCUT2D eigenvalue weighted by Gasteiger charge is -2.19. The van der Waals surface area contributed by atoms with Crippen LogP contribution in [0.4, 0.5) is 0 Å². The van der Waals surface area contributed by atoms with Gasteiger partial charge in [-0.25, -0.2) is 4.98 Å². The van der Waals surface area contributed by atoms with Gasteiger partial charge in [-0.3, -0.25) is 9.69 Å². The summed E-state index contributed by atoms with van der Waals surface area (Å²) in [5.41, 5.74) is 2.25. The second-order valence-electron chi connectivity index (χ2n) is 7.44. The van der Waals surface area contributed by atoms with Gasteiger partial charge in [0.05, 0.1) is 10.2 Å². The summed E-state index contributed by atoms with van der Waals surface area (Å²) in [6.07, 6.45) is 0. The van der Waals surface area contributed by atoms with Gasteiger partial charge < -0.3 is 10.1 Å². The first-order valence-corrected chi connectivity index (χ1v) is 10.1. The zero-order valence-electron chi connectivity index (χ0n) is 15.1. The fraction of sp³-hybridized carbons (Fsp3) is 0.333.